The highest BCUT2D eigenvalue weighted by Crippen LogP contribution is 2.32. The largest absolute Gasteiger partial charge is 0.495 e. The van der Waals surface area contributed by atoms with Gasteiger partial charge in [-0.05, 0) is 49.6 Å². The highest BCUT2D eigenvalue weighted by molar-refractivity contribution is 8.00. The smallest absolute Gasteiger partial charge is 0.234 e. The van der Waals surface area contributed by atoms with Gasteiger partial charge in [-0.15, -0.1) is 11.8 Å². The molecule has 2 N–H and O–H groups in total. The summed E-state index contributed by atoms with van der Waals surface area (Å²) in [7, 11) is 1.53. The van der Waals surface area contributed by atoms with Crippen molar-refractivity contribution in [1.82, 2.24) is 0 Å². The Bertz CT molecular complexity index is 868. The molecular formula is C20H21ClN2O3S. The topological polar surface area (TPSA) is 67.4 Å². The highest BCUT2D eigenvalue weighted by Gasteiger charge is 2.29. The number of hydrogen-bond donors (Lipinski definition) is 2. The molecule has 0 bridgehead atoms. The van der Waals surface area contributed by atoms with E-state index in [0.29, 0.717) is 16.5 Å². The SMILES string of the molecule is COc1cc(Cl)c(C)cc1NC(=O)CSc1cccc(NC(=O)C2CC2)c1. The number of thioether (sulfide) groups is 1. The van der Waals surface area contributed by atoms with Crippen LogP contribution < -0.4 is 15.4 Å². The Morgan fingerprint density at radius 3 is 2.70 bits per heavy atom. The first-order valence-corrected chi connectivity index (χ1v) is 10.0. The number of anilines is 2. The molecule has 7 heteroatoms. The van der Waals surface area contributed by atoms with Crippen molar-refractivity contribution in [3.05, 3.63) is 47.0 Å². The van der Waals surface area contributed by atoms with Crippen LogP contribution in [0.4, 0.5) is 11.4 Å². The average molecular weight is 405 g/mol. The van der Waals surface area contributed by atoms with Gasteiger partial charge in [-0.2, -0.15) is 0 Å². The van der Waals surface area contributed by atoms with Crippen molar-refractivity contribution in [3.8, 4) is 5.75 Å². The van der Waals surface area contributed by atoms with Crippen molar-refractivity contribution in [2.45, 2.75) is 24.7 Å². The van der Waals surface area contributed by atoms with Crippen molar-refractivity contribution in [2.24, 2.45) is 5.92 Å². The van der Waals surface area contributed by atoms with E-state index in [1.807, 2.05) is 31.2 Å². The molecule has 2 aromatic carbocycles. The Labute approximate surface area is 167 Å². The molecule has 5 nitrogen and oxygen atoms in total. The predicted molar refractivity (Wildman–Crippen MR) is 110 cm³/mol. The van der Waals surface area contributed by atoms with E-state index in [-0.39, 0.29) is 23.5 Å². The van der Waals surface area contributed by atoms with E-state index in [0.717, 1.165) is 29.0 Å². The monoisotopic (exact) mass is 404 g/mol. The van der Waals surface area contributed by atoms with Gasteiger partial charge in [-0.25, -0.2) is 0 Å². The number of halogens is 1. The van der Waals surface area contributed by atoms with Crippen LogP contribution in [0, 0.1) is 12.8 Å². The highest BCUT2D eigenvalue weighted by atomic mass is 35.5. The summed E-state index contributed by atoms with van der Waals surface area (Å²) in [4.78, 5) is 25.1. The quantitative estimate of drug-likeness (QED) is 0.654. The summed E-state index contributed by atoms with van der Waals surface area (Å²) in [6, 6.07) is 11.0. The van der Waals surface area contributed by atoms with Crippen molar-refractivity contribution < 1.29 is 14.3 Å². The molecule has 0 atom stereocenters. The summed E-state index contributed by atoms with van der Waals surface area (Å²) in [6.45, 7) is 1.87. The van der Waals surface area contributed by atoms with Crippen LogP contribution in [-0.4, -0.2) is 24.7 Å². The Balaban J connectivity index is 1.58. The molecule has 2 aromatic rings. The van der Waals surface area contributed by atoms with Crippen molar-refractivity contribution >= 4 is 46.6 Å². The van der Waals surface area contributed by atoms with E-state index in [1.54, 1.807) is 12.1 Å². The lowest BCUT2D eigenvalue weighted by atomic mass is 10.2. The van der Waals surface area contributed by atoms with Crippen LogP contribution in [0.3, 0.4) is 0 Å². The number of carbonyl (C=O) groups is 2. The van der Waals surface area contributed by atoms with Crippen LogP contribution >= 0.6 is 23.4 Å². The Morgan fingerprint density at radius 2 is 2.00 bits per heavy atom. The molecule has 0 radical (unpaired) electrons. The molecule has 142 valence electrons. The van der Waals surface area contributed by atoms with E-state index in [2.05, 4.69) is 10.6 Å². The minimum Gasteiger partial charge on any atom is -0.495 e. The zero-order valence-corrected chi connectivity index (χ0v) is 16.7. The molecular weight excluding hydrogens is 384 g/mol. The van der Waals surface area contributed by atoms with Gasteiger partial charge in [0.25, 0.3) is 0 Å². The van der Waals surface area contributed by atoms with E-state index < -0.39 is 0 Å². The second-order valence-electron chi connectivity index (χ2n) is 6.43. The molecule has 3 rings (SSSR count). The summed E-state index contributed by atoms with van der Waals surface area (Å²) >= 11 is 7.49. The van der Waals surface area contributed by atoms with E-state index >= 15 is 0 Å². The molecule has 0 aliphatic heterocycles. The third kappa shape index (κ3) is 5.40. The van der Waals surface area contributed by atoms with Gasteiger partial charge in [0, 0.05) is 27.6 Å². The Morgan fingerprint density at radius 1 is 1.22 bits per heavy atom. The summed E-state index contributed by atoms with van der Waals surface area (Å²) in [5.41, 5.74) is 2.21. The van der Waals surface area contributed by atoms with Crippen LogP contribution in [0.15, 0.2) is 41.3 Å². The zero-order valence-electron chi connectivity index (χ0n) is 15.2. The average Bonchev–Trinajstić information content (AvgIpc) is 3.48. The first-order chi connectivity index (χ1) is 13.0. The van der Waals surface area contributed by atoms with Crippen molar-refractivity contribution in [2.75, 3.05) is 23.5 Å². The normalized spacial score (nSPS) is 13.1. The van der Waals surface area contributed by atoms with Gasteiger partial charge in [0.2, 0.25) is 11.8 Å². The summed E-state index contributed by atoms with van der Waals surface area (Å²) in [6.07, 6.45) is 1.93. The maximum absolute atomic E-state index is 12.3. The minimum absolute atomic E-state index is 0.0695. The van der Waals surface area contributed by atoms with E-state index in [9.17, 15) is 9.59 Å². The van der Waals surface area contributed by atoms with Gasteiger partial charge >= 0.3 is 0 Å². The van der Waals surface area contributed by atoms with Gasteiger partial charge in [0.15, 0.2) is 0 Å². The third-order valence-electron chi connectivity index (χ3n) is 4.17. The molecule has 1 aliphatic rings. The van der Waals surface area contributed by atoms with Crippen LogP contribution in [0.25, 0.3) is 0 Å². The summed E-state index contributed by atoms with van der Waals surface area (Å²) < 4.78 is 5.28. The molecule has 0 unspecified atom stereocenters. The molecule has 0 heterocycles. The third-order valence-corrected chi connectivity index (χ3v) is 5.58. The minimum atomic E-state index is -0.146. The fourth-order valence-electron chi connectivity index (χ4n) is 2.52. The van der Waals surface area contributed by atoms with Crippen LogP contribution in [0.2, 0.25) is 5.02 Å². The maximum Gasteiger partial charge on any atom is 0.234 e. The number of benzene rings is 2. The van der Waals surface area contributed by atoms with E-state index in [4.69, 9.17) is 16.3 Å². The zero-order chi connectivity index (χ0) is 19.4. The second kappa shape index (κ2) is 8.67. The summed E-state index contributed by atoms with van der Waals surface area (Å²) in [5, 5.41) is 6.36. The van der Waals surface area contributed by atoms with Gasteiger partial charge in [-0.1, -0.05) is 17.7 Å². The number of carbonyl (C=O) groups excluding carboxylic acids is 2. The van der Waals surface area contributed by atoms with Crippen LogP contribution in [0.5, 0.6) is 5.75 Å². The number of amides is 2. The molecule has 1 saturated carbocycles. The van der Waals surface area contributed by atoms with Gasteiger partial charge in [0.1, 0.15) is 5.75 Å². The molecule has 0 aromatic heterocycles. The number of nitrogens with one attached hydrogen (secondary N) is 2. The standard InChI is InChI=1S/C20H21ClN2O3S/c1-12-8-17(18(26-2)10-16(12)21)23-19(24)11-27-15-5-3-4-14(9-15)22-20(25)13-6-7-13/h3-5,8-10,13H,6-7,11H2,1-2H3,(H,22,25)(H,23,24). The molecule has 1 fully saturated rings. The lowest BCUT2D eigenvalue weighted by Gasteiger charge is -2.12. The Kier molecular flexibility index (Phi) is 6.29. The first-order valence-electron chi connectivity index (χ1n) is 8.64. The molecule has 27 heavy (non-hydrogen) atoms. The van der Waals surface area contributed by atoms with E-state index in [1.165, 1.54) is 18.9 Å². The lowest BCUT2D eigenvalue weighted by molar-refractivity contribution is -0.117. The van der Waals surface area contributed by atoms with Gasteiger partial charge in [0.05, 0.1) is 18.6 Å². The first kappa shape index (κ1) is 19.6. The predicted octanol–water partition coefficient (Wildman–Crippen LogP) is 4.74. The van der Waals surface area contributed by atoms with Gasteiger partial charge < -0.3 is 15.4 Å². The number of hydrogen-bond acceptors (Lipinski definition) is 4. The lowest BCUT2D eigenvalue weighted by Crippen LogP contribution is -2.15. The number of ether oxygens (including phenoxy) is 1. The second-order valence-corrected chi connectivity index (χ2v) is 7.89. The molecule has 0 saturated heterocycles. The van der Waals surface area contributed by atoms with Crippen molar-refractivity contribution in [1.29, 1.82) is 0 Å². The fourth-order valence-corrected chi connectivity index (χ4v) is 3.43. The fraction of sp³-hybridized carbons (Fsp3) is 0.300. The summed E-state index contributed by atoms with van der Waals surface area (Å²) in [5.74, 6) is 0.844. The molecule has 0 spiro atoms. The van der Waals surface area contributed by atoms with Gasteiger partial charge in [-0.3, -0.25) is 9.59 Å². The van der Waals surface area contributed by atoms with Crippen LogP contribution in [-0.2, 0) is 9.59 Å². The molecule has 1 aliphatic carbocycles. The Hall–Kier alpha value is -2.18. The maximum atomic E-state index is 12.3. The number of aryl methyl sites for hydroxylation is 1. The number of rotatable bonds is 7. The molecule has 2 amide bonds. The van der Waals surface area contributed by atoms with Crippen LogP contribution in [0.1, 0.15) is 18.4 Å². The number of methoxy groups -OCH3 is 1. The van der Waals surface area contributed by atoms with Crippen molar-refractivity contribution in [3.63, 3.8) is 0 Å².